The molecule has 0 bridgehead atoms. The molecule has 0 radical (unpaired) electrons. The number of aromatic nitrogens is 2. The van der Waals surface area contributed by atoms with Crippen molar-refractivity contribution < 1.29 is 9.59 Å². The Labute approximate surface area is 159 Å². The lowest BCUT2D eigenvalue weighted by molar-refractivity contribution is -0.116. The zero-order valence-electron chi connectivity index (χ0n) is 14.6. The molecule has 0 saturated heterocycles. The summed E-state index contributed by atoms with van der Waals surface area (Å²) in [4.78, 5) is 35.3. The normalized spacial score (nSPS) is 16.0. The summed E-state index contributed by atoms with van der Waals surface area (Å²) < 4.78 is 0. The second kappa shape index (κ2) is 6.48. The van der Waals surface area contributed by atoms with Gasteiger partial charge in [-0.25, -0.2) is 9.97 Å². The predicted molar refractivity (Wildman–Crippen MR) is 105 cm³/mol. The maximum atomic E-state index is 12.7. The van der Waals surface area contributed by atoms with Gasteiger partial charge >= 0.3 is 0 Å². The minimum Gasteiger partial charge on any atom is -0.325 e. The van der Waals surface area contributed by atoms with E-state index in [0.717, 1.165) is 26.5 Å². The van der Waals surface area contributed by atoms with Gasteiger partial charge in [-0.3, -0.25) is 9.59 Å². The van der Waals surface area contributed by atoms with Gasteiger partial charge in [-0.2, -0.15) is 0 Å². The number of amides is 1. The number of benzene rings is 1. The van der Waals surface area contributed by atoms with E-state index >= 15 is 0 Å². The number of nitrogens with one attached hydrogen (secondary N) is 1. The van der Waals surface area contributed by atoms with Crippen molar-refractivity contribution in [2.24, 2.45) is 0 Å². The van der Waals surface area contributed by atoms with E-state index in [1.54, 1.807) is 23.7 Å². The second-order valence-electron chi connectivity index (χ2n) is 6.37. The summed E-state index contributed by atoms with van der Waals surface area (Å²) in [7, 11) is 0. The summed E-state index contributed by atoms with van der Waals surface area (Å²) in [6.45, 7) is 5.99. The lowest BCUT2D eigenvalue weighted by Gasteiger charge is -2.06. The Morgan fingerprint density at radius 2 is 2.12 bits per heavy atom. The van der Waals surface area contributed by atoms with Crippen LogP contribution in [0.25, 0.3) is 10.2 Å². The standard InChI is InChI=1S/C19H17N3O2S2/c1-9-11(3)26-19-16(9)18(20-8-21-19)25-7-15(23)12-4-5-14-13(6-12)10(2)17(24)22-14/h4-6,8,10H,7H2,1-3H3,(H,22,24)/t10-/m0/s1. The molecule has 26 heavy (non-hydrogen) atoms. The van der Waals surface area contributed by atoms with Crippen LogP contribution in [0.2, 0.25) is 0 Å². The number of thiophene rings is 1. The number of nitrogens with zero attached hydrogens (tertiary/aromatic N) is 2. The van der Waals surface area contributed by atoms with Gasteiger partial charge in [-0.15, -0.1) is 11.3 Å². The molecule has 3 aromatic rings. The first kappa shape index (κ1) is 17.2. The van der Waals surface area contributed by atoms with Crippen LogP contribution in [-0.4, -0.2) is 27.4 Å². The van der Waals surface area contributed by atoms with Crippen LogP contribution in [0.5, 0.6) is 0 Å². The molecule has 0 unspecified atom stereocenters. The number of carbonyl (C=O) groups is 2. The SMILES string of the molecule is Cc1sc2ncnc(SCC(=O)c3ccc4c(c3)[C@H](C)C(=O)N4)c2c1C. The van der Waals surface area contributed by atoms with Crippen molar-refractivity contribution in [3.8, 4) is 0 Å². The Kier molecular flexibility index (Phi) is 4.28. The van der Waals surface area contributed by atoms with Gasteiger partial charge in [0, 0.05) is 21.5 Å². The van der Waals surface area contributed by atoms with Crippen molar-refractivity contribution in [3.05, 3.63) is 46.1 Å². The monoisotopic (exact) mass is 383 g/mol. The molecule has 1 aliphatic rings. The highest BCUT2D eigenvalue weighted by Gasteiger charge is 2.27. The van der Waals surface area contributed by atoms with Gasteiger partial charge in [-0.1, -0.05) is 11.8 Å². The van der Waals surface area contributed by atoms with Crippen molar-refractivity contribution in [1.82, 2.24) is 9.97 Å². The zero-order chi connectivity index (χ0) is 18.4. The zero-order valence-corrected chi connectivity index (χ0v) is 16.3. The first-order chi connectivity index (χ1) is 12.5. The van der Waals surface area contributed by atoms with Crippen LogP contribution in [0.1, 0.15) is 39.2 Å². The Balaban J connectivity index is 1.56. The molecule has 1 N–H and O–H groups in total. The first-order valence-electron chi connectivity index (χ1n) is 8.27. The van der Waals surface area contributed by atoms with Crippen molar-refractivity contribution in [1.29, 1.82) is 0 Å². The predicted octanol–water partition coefficient (Wildman–Crippen LogP) is 4.34. The minimum absolute atomic E-state index is 0.0225. The summed E-state index contributed by atoms with van der Waals surface area (Å²) in [5.74, 6) is 0.0873. The minimum atomic E-state index is -0.219. The average Bonchev–Trinajstić information content (AvgIpc) is 3.09. The van der Waals surface area contributed by atoms with E-state index in [2.05, 4.69) is 29.1 Å². The molecule has 5 nitrogen and oxygen atoms in total. The molecule has 4 rings (SSSR count). The third-order valence-corrected chi connectivity index (χ3v) is 6.87. The van der Waals surface area contributed by atoms with Crippen molar-refractivity contribution >= 4 is 50.7 Å². The number of Topliss-reactive ketones (excluding diaryl/α,β-unsaturated/α-hetero) is 1. The lowest BCUT2D eigenvalue weighted by atomic mass is 9.99. The molecule has 1 aromatic carbocycles. The molecule has 1 atom stereocenters. The first-order valence-corrected chi connectivity index (χ1v) is 10.1. The van der Waals surface area contributed by atoms with Gasteiger partial charge in [0.25, 0.3) is 0 Å². The molecule has 1 amide bonds. The van der Waals surface area contributed by atoms with Crippen LogP contribution in [0, 0.1) is 13.8 Å². The molecule has 132 valence electrons. The van der Waals surface area contributed by atoms with Gasteiger partial charge in [0.15, 0.2) is 5.78 Å². The Bertz CT molecular complexity index is 1060. The van der Waals surface area contributed by atoms with Gasteiger partial charge in [0.05, 0.1) is 11.7 Å². The van der Waals surface area contributed by atoms with E-state index in [1.807, 2.05) is 19.1 Å². The van der Waals surface area contributed by atoms with Gasteiger partial charge in [-0.05, 0) is 50.1 Å². The largest absolute Gasteiger partial charge is 0.325 e. The molecule has 0 saturated carbocycles. The fraction of sp³-hybridized carbons (Fsp3) is 0.263. The summed E-state index contributed by atoms with van der Waals surface area (Å²) in [6, 6.07) is 5.41. The van der Waals surface area contributed by atoms with Crippen LogP contribution in [0.3, 0.4) is 0 Å². The van der Waals surface area contributed by atoms with E-state index in [0.29, 0.717) is 11.3 Å². The Morgan fingerprint density at radius 3 is 2.92 bits per heavy atom. The third kappa shape index (κ3) is 2.81. The van der Waals surface area contributed by atoms with Crippen LogP contribution in [0.4, 0.5) is 5.69 Å². The highest BCUT2D eigenvalue weighted by Crippen LogP contribution is 2.35. The number of fused-ring (bicyclic) bond motifs is 2. The molecule has 3 heterocycles. The fourth-order valence-corrected chi connectivity index (χ4v) is 5.08. The number of thioether (sulfide) groups is 1. The highest BCUT2D eigenvalue weighted by atomic mass is 32.2. The molecule has 2 aromatic heterocycles. The van der Waals surface area contributed by atoms with E-state index in [9.17, 15) is 9.59 Å². The van der Waals surface area contributed by atoms with Crippen LogP contribution in [-0.2, 0) is 4.79 Å². The number of hydrogen-bond donors (Lipinski definition) is 1. The second-order valence-corrected chi connectivity index (χ2v) is 8.53. The van der Waals surface area contributed by atoms with Gasteiger partial charge in [0.1, 0.15) is 16.2 Å². The molecular weight excluding hydrogens is 366 g/mol. The quantitative estimate of drug-likeness (QED) is 0.412. The molecule has 0 fully saturated rings. The summed E-state index contributed by atoms with van der Waals surface area (Å²) in [6.07, 6.45) is 1.55. The summed E-state index contributed by atoms with van der Waals surface area (Å²) >= 11 is 3.09. The molecular formula is C19H17N3O2S2. The van der Waals surface area contributed by atoms with E-state index < -0.39 is 0 Å². The molecule has 7 heteroatoms. The summed E-state index contributed by atoms with van der Waals surface area (Å²) in [5, 5.41) is 4.72. The maximum Gasteiger partial charge on any atom is 0.231 e. The molecule has 0 spiro atoms. The Hall–Kier alpha value is -2.25. The Morgan fingerprint density at radius 1 is 1.31 bits per heavy atom. The van der Waals surface area contributed by atoms with E-state index in [1.165, 1.54) is 22.2 Å². The average molecular weight is 383 g/mol. The van der Waals surface area contributed by atoms with Crippen LogP contribution >= 0.6 is 23.1 Å². The fourth-order valence-electron chi connectivity index (χ4n) is 3.07. The highest BCUT2D eigenvalue weighted by molar-refractivity contribution is 8.00. The number of ketones is 1. The number of anilines is 1. The van der Waals surface area contributed by atoms with Crippen LogP contribution in [0.15, 0.2) is 29.6 Å². The third-order valence-electron chi connectivity index (χ3n) is 4.76. The summed E-state index contributed by atoms with van der Waals surface area (Å²) in [5.41, 5.74) is 3.49. The molecule has 1 aliphatic heterocycles. The van der Waals surface area contributed by atoms with Crippen molar-refractivity contribution in [3.63, 3.8) is 0 Å². The van der Waals surface area contributed by atoms with Crippen molar-refractivity contribution in [2.45, 2.75) is 31.7 Å². The number of hydrogen-bond acceptors (Lipinski definition) is 6. The lowest BCUT2D eigenvalue weighted by Crippen LogP contribution is -2.08. The topological polar surface area (TPSA) is 72.0 Å². The maximum absolute atomic E-state index is 12.7. The van der Waals surface area contributed by atoms with E-state index in [4.69, 9.17) is 0 Å². The molecule has 0 aliphatic carbocycles. The number of rotatable bonds is 4. The van der Waals surface area contributed by atoms with Crippen LogP contribution < -0.4 is 5.32 Å². The van der Waals surface area contributed by atoms with Crippen molar-refractivity contribution in [2.75, 3.05) is 11.1 Å². The van der Waals surface area contributed by atoms with Gasteiger partial charge < -0.3 is 5.32 Å². The van der Waals surface area contributed by atoms with Gasteiger partial charge in [0.2, 0.25) is 5.91 Å². The number of carbonyl (C=O) groups excluding carboxylic acids is 2. The smallest absolute Gasteiger partial charge is 0.231 e. The van der Waals surface area contributed by atoms with E-state index in [-0.39, 0.29) is 17.6 Å². The number of aryl methyl sites for hydroxylation is 2.